The molecule has 0 aromatic heterocycles. The molecular formula is C15H23NO3. The van der Waals surface area contributed by atoms with E-state index in [0.717, 1.165) is 31.8 Å². The summed E-state index contributed by atoms with van der Waals surface area (Å²) >= 11 is 0. The van der Waals surface area contributed by atoms with Gasteiger partial charge >= 0.3 is 0 Å². The van der Waals surface area contributed by atoms with Crippen molar-refractivity contribution in [3.8, 4) is 5.75 Å². The molecule has 19 heavy (non-hydrogen) atoms. The number of para-hydroxylation sites is 1. The highest BCUT2D eigenvalue weighted by Crippen LogP contribution is 2.23. The van der Waals surface area contributed by atoms with Crippen molar-refractivity contribution in [1.29, 1.82) is 0 Å². The van der Waals surface area contributed by atoms with Gasteiger partial charge in [-0.2, -0.15) is 0 Å². The van der Waals surface area contributed by atoms with E-state index >= 15 is 0 Å². The minimum atomic E-state index is 0.294. The largest absolute Gasteiger partial charge is 0.491 e. The maximum atomic E-state index is 9.18. The summed E-state index contributed by atoms with van der Waals surface area (Å²) in [4.78, 5) is 2.37. The third-order valence-electron chi connectivity index (χ3n) is 3.54. The van der Waals surface area contributed by atoms with E-state index in [0.29, 0.717) is 25.7 Å². The lowest BCUT2D eigenvalue weighted by Crippen LogP contribution is -2.21. The molecule has 4 heteroatoms. The van der Waals surface area contributed by atoms with Crippen molar-refractivity contribution in [3.05, 3.63) is 29.8 Å². The van der Waals surface area contributed by atoms with Crippen LogP contribution in [-0.2, 0) is 11.3 Å². The van der Waals surface area contributed by atoms with Gasteiger partial charge in [0.25, 0.3) is 0 Å². The van der Waals surface area contributed by atoms with Gasteiger partial charge in [0.15, 0.2) is 0 Å². The van der Waals surface area contributed by atoms with Gasteiger partial charge in [-0.1, -0.05) is 18.2 Å². The number of ether oxygens (including phenoxy) is 2. The van der Waals surface area contributed by atoms with Gasteiger partial charge < -0.3 is 14.6 Å². The number of methoxy groups -OCH3 is 1. The zero-order valence-corrected chi connectivity index (χ0v) is 11.5. The number of benzene rings is 1. The Balaban J connectivity index is 1.92. The highest BCUT2D eigenvalue weighted by atomic mass is 16.5. The van der Waals surface area contributed by atoms with Crippen LogP contribution in [0, 0.1) is 5.92 Å². The van der Waals surface area contributed by atoms with Crippen molar-refractivity contribution in [2.75, 3.05) is 40.0 Å². The Hall–Kier alpha value is -1.10. The molecule has 4 nitrogen and oxygen atoms in total. The fraction of sp³-hybridized carbons (Fsp3) is 0.600. The van der Waals surface area contributed by atoms with Gasteiger partial charge in [0.2, 0.25) is 0 Å². The molecule has 1 aliphatic heterocycles. The van der Waals surface area contributed by atoms with Gasteiger partial charge in [0.05, 0.1) is 6.61 Å². The van der Waals surface area contributed by atoms with Gasteiger partial charge in [-0.05, 0) is 24.9 Å². The van der Waals surface area contributed by atoms with Gasteiger partial charge in [0.1, 0.15) is 12.4 Å². The van der Waals surface area contributed by atoms with Crippen molar-refractivity contribution < 1.29 is 14.6 Å². The van der Waals surface area contributed by atoms with Crippen molar-refractivity contribution in [2.24, 2.45) is 5.92 Å². The molecule has 0 aliphatic carbocycles. The van der Waals surface area contributed by atoms with Gasteiger partial charge in [0, 0.05) is 32.4 Å². The Labute approximate surface area is 114 Å². The second-order valence-corrected chi connectivity index (χ2v) is 5.02. The zero-order chi connectivity index (χ0) is 13.5. The van der Waals surface area contributed by atoms with Crippen LogP contribution in [0.4, 0.5) is 0 Å². The van der Waals surface area contributed by atoms with Crippen LogP contribution in [-0.4, -0.2) is 50.0 Å². The summed E-state index contributed by atoms with van der Waals surface area (Å²) in [6.07, 6.45) is 1.09. The Morgan fingerprint density at radius 2 is 2.16 bits per heavy atom. The lowest BCUT2D eigenvalue weighted by molar-refractivity contribution is 0.145. The lowest BCUT2D eigenvalue weighted by Gasteiger charge is -2.18. The number of aliphatic hydroxyl groups excluding tert-OH is 1. The van der Waals surface area contributed by atoms with E-state index < -0.39 is 0 Å². The third-order valence-corrected chi connectivity index (χ3v) is 3.54. The highest BCUT2D eigenvalue weighted by molar-refractivity contribution is 5.33. The summed E-state index contributed by atoms with van der Waals surface area (Å²) in [6.45, 7) is 4.39. The Morgan fingerprint density at radius 3 is 2.89 bits per heavy atom. The first kappa shape index (κ1) is 14.3. The number of hydrogen-bond donors (Lipinski definition) is 1. The summed E-state index contributed by atoms with van der Waals surface area (Å²) in [7, 11) is 1.68. The Kier molecular flexibility index (Phi) is 5.63. The fourth-order valence-electron chi connectivity index (χ4n) is 2.46. The van der Waals surface area contributed by atoms with Crippen LogP contribution in [0.25, 0.3) is 0 Å². The third kappa shape index (κ3) is 4.20. The van der Waals surface area contributed by atoms with Crippen LogP contribution < -0.4 is 4.74 Å². The normalized spacial score (nSPS) is 19.8. The minimum Gasteiger partial charge on any atom is -0.491 e. The standard InChI is InChI=1S/C15H23NO3/c1-18-8-9-19-15-5-3-2-4-14(15)11-16-7-6-13(10-16)12-17/h2-5,13,17H,6-12H2,1H3. The van der Waals surface area contributed by atoms with E-state index in [1.807, 2.05) is 18.2 Å². The summed E-state index contributed by atoms with van der Waals surface area (Å²) in [5.41, 5.74) is 1.21. The number of aliphatic hydroxyl groups is 1. The van der Waals surface area contributed by atoms with Gasteiger partial charge in [-0.3, -0.25) is 4.90 Å². The van der Waals surface area contributed by atoms with Crippen LogP contribution in [0.2, 0.25) is 0 Å². The molecule has 1 atom stereocenters. The molecular weight excluding hydrogens is 242 g/mol. The quantitative estimate of drug-likeness (QED) is 0.759. The number of rotatable bonds is 7. The molecule has 0 spiro atoms. The van der Waals surface area contributed by atoms with Gasteiger partial charge in [-0.25, -0.2) is 0 Å². The molecule has 1 heterocycles. The first-order chi connectivity index (χ1) is 9.33. The molecule has 1 N–H and O–H groups in total. The molecule has 1 saturated heterocycles. The monoisotopic (exact) mass is 265 g/mol. The zero-order valence-electron chi connectivity index (χ0n) is 11.5. The maximum Gasteiger partial charge on any atom is 0.123 e. The van der Waals surface area contributed by atoms with Crippen LogP contribution in [0.3, 0.4) is 0 Å². The lowest BCUT2D eigenvalue weighted by atomic mass is 10.1. The van der Waals surface area contributed by atoms with E-state index in [1.54, 1.807) is 7.11 Å². The molecule has 1 aromatic rings. The summed E-state index contributed by atoms with van der Waals surface area (Å²) in [5, 5.41) is 9.18. The summed E-state index contributed by atoms with van der Waals surface area (Å²) in [6, 6.07) is 8.14. The van der Waals surface area contributed by atoms with Crippen molar-refractivity contribution in [1.82, 2.24) is 4.90 Å². The van der Waals surface area contributed by atoms with E-state index in [-0.39, 0.29) is 0 Å². The van der Waals surface area contributed by atoms with Gasteiger partial charge in [-0.15, -0.1) is 0 Å². The average Bonchev–Trinajstić information content (AvgIpc) is 2.89. The van der Waals surface area contributed by atoms with E-state index in [4.69, 9.17) is 9.47 Å². The predicted octanol–water partition coefficient (Wildman–Crippen LogP) is 1.53. The maximum absolute atomic E-state index is 9.18. The van der Waals surface area contributed by atoms with Crippen molar-refractivity contribution in [3.63, 3.8) is 0 Å². The van der Waals surface area contributed by atoms with Crippen LogP contribution in [0.1, 0.15) is 12.0 Å². The van der Waals surface area contributed by atoms with Crippen LogP contribution in [0.15, 0.2) is 24.3 Å². The Morgan fingerprint density at radius 1 is 1.32 bits per heavy atom. The second-order valence-electron chi connectivity index (χ2n) is 5.02. The first-order valence-electron chi connectivity index (χ1n) is 6.86. The number of likely N-dealkylation sites (tertiary alicyclic amines) is 1. The van der Waals surface area contributed by atoms with Crippen molar-refractivity contribution >= 4 is 0 Å². The second kappa shape index (κ2) is 7.48. The molecule has 1 unspecified atom stereocenters. The fourth-order valence-corrected chi connectivity index (χ4v) is 2.46. The summed E-state index contributed by atoms with van der Waals surface area (Å²) < 4.78 is 10.7. The highest BCUT2D eigenvalue weighted by Gasteiger charge is 2.22. The molecule has 1 fully saturated rings. The molecule has 2 rings (SSSR count). The smallest absolute Gasteiger partial charge is 0.123 e. The molecule has 0 saturated carbocycles. The Bertz CT molecular complexity index is 383. The molecule has 0 bridgehead atoms. The summed E-state index contributed by atoms with van der Waals surface area (Å²) in [5.74, 6) is 1.37. The topological polar surface area (TPSA) is 41.9 Å². The minimum absolute atomic E-state index is 0.294. The van der Waals surface area contributed by atoms with E-state index in [9.17, 15) is 5.11 Å². The number of nitrogens with zero attached hydrogens (tertiary/aromatic N) is 1. The first-order valence-corrected chi connectivity index (χ1v) is 6.86. The predicted molar refractivity (Wildman–Crippen MR) is 74.3 cm³/mol. The molecule has 0 amide bonds. The average molecular weight is 265 g/mol. The van der Waals surface area contributed by atoms with Crippen LogP contribution >= 0.6 is 0 Å². The van der Waals surface area contributed by atoms with Crippen LogP contribution in [0.5, 0.6) is 5.75 Å². The van der Waals surface area contributed by atoms with Crippen molar-refractivity contribution in [2.45, 2.75) is 13.0 Å². The molecule has 106 valence electrons. The molecule has 1 aromatic carbocycles. The molecule has 0 radical (unpaired) electrons. The SMILES string of the molecule is COCCOc1ccccc1CN1CCC(CO)C1. The number of hydrogen-bond acceptors (Lipinski definition) is 4. The molecule has 1 aliphatic rings. The van der Waals surface area contributed by atoms with E-state index in [1.165, 1.54) is 5.56 Å². The van der Waals surface area contributed by atoms with E-state index in [2.05, 4.69) is 11.0 Å².